The van der Waals surface area contributed by atoms with Gasteiger partial charge < -0.3 is 16.0 Å². The molecule has 0 bridgehead atoms. The second-order valence-electron chi connectivity index (χ2n) is 2.96. The van der Waals surface area contributed by atoms with Crippen molar-refractivity contribution in [3.05, 3.63) is 11.8 Å². The molecule has 4 N–H and O–H groups in total. The van der Waals surface area contributed by atoms with Gasteiger partial charge in [0.2, 0.25) is 0 Å². The van der Waals surface area contributed by atoms with Crippen molar-refractivity contribution >= 4 is 11.8 Å². The molecule has 1 aromatic heterocycles. The zero-order valence-electron chi connectivity index (χ0n) is 7.08. The van der Waals surface area contributed by atoms with Gasteiger partial charge in [-0.1, -0.05) is 0 Å². The van der Waals surface area contributed by atoms with Crippen molar-refractivity contribution in [1.82, 2.24) is 20.4 Å². The van der Waals surface area contributed by atoms with Crippen LogP contribution in [0.2, 0.25) is 0 Å². The lowest BCUT2D eigenvalue weighted by Crippen LogP contribution is -2.27. The summed E-state index contributed by atoms with van der Waals surface area (Å²) >= 11 is 0. The van der Waals surface area contributed by atoms with Crippen molar-refractivity contribution in [2.45, 2.75) is 6.54 Å². The smallest absolute Gasteiger partial charge is 0.317 e. The number of hydrogen-bond acceptors (Lipinski definition) is 3. The Bertz CT molecular complexity index is 320. The van der Waals surface area contributed by atoms with Gasteiger partial charge in [0, 0.05) is 18.7 Å². The molecule has 6 nitrogen and oxygen atoms in total. The number of urea groups is 1. The number of nitrogen functional groups attached to an aromatic ring is 1. The normalized spacial score (nSPS) is 16.3. The summed E-state index contributed by atoms with van der Waals surface area (Å²) in [6, 6.07) is -0.0411. The number of anilines is 1. The van der Waals surface area contributed by atoms with Crippen molar-refractivity contribution in [1.29, 1.82) is 0 Å². The predicted molar refractivity (Wildman–Crippen MR) is 46.8 cm³/mol. The molecule has 0 aliphatic carbocycles. The summed E-state index contributed by atoms with van der Waals surface area (Å²) in [7, 11) is 0. The Labute approximate surface area is 75.1 Å². The van der Waals surface area contributed by atoms with Crippen LogP contribution >= 0.6 is 0 Å². The van der Waals surface area contributed by atoms with E-state index in [1.807, 2.05) is 0 Å². The third kappa shape index (κ3) is 1.42. The maximum Gasteiger partial charge on any atom is 0.317 e. The second-order valence-corrected chi connectivity index (χ2v) is 2.96. The van der Waals surface area contributed by atoms with E-state index in [1.165, 1.54) is 0 Å². The zero-order valence-corrected chi connectivity index (χ0v) is 7.08. The summed E-state index contributed by atoms with van der Waals surface area (Å²) in [5.74, 6) is 0.528. The lowest BCUT2D eigenvalue weighted by Gasteiger charge is -2.12. The molecule has 1 aliphatic heterocycles. The van der Waals surface area contributed by atoms with E-state index in [-0.39, 0.29) is 6.03 Å². The van der Waals surface area contributed by atoms with Gasteiger partial charge in [0.15, 0.2) is 0 Å². The number of nitrogens with one attached hydrogen (secondary N) is 2. The summed E-state index contributed by atoms with van der Waals surface area (Å²) in [4.78, 5) is 12.9. The molecule has 0 spiro atoms. The summed E-state index contributed by atoms with van der Waals surface area (Å²) < 4.78 is 0. The molecule has 1 aromatic rings. The maximum absolute atomic E-state index is 11.2. The Kier molecular flexibility index (Phi) is 1.80. The summed E-state index contributed by atoms with van der Waals surface area (Å²) in [6.45, 7) is 1.95. The molecular formula is C7H11N5O. The Balaban J connectivity index is 2.06. The highest BCUT2D eigenvalue weighted by molar-refractivity contribution is 5.76. The Hall–Kier alpha value is -1.72. The quantitative estimate of drug-likeness (QED) is 0.575. The number of aromatic amines is 1. The minimum Gasteiger partial charge on any atom is -0.384 e. The molecule has 0 unspecified atom stereocenters. The summed E-state index contributed by atoms with van der Waals surface area (Å²) in [5.41, 5.74) is 6.45. The van der Waals surface area contributed by atoms with Gasteiger partial charge in [-0.15, -0.1) is 0 Å². The molecule has 0 atom stereocenters. The molecule has 0 aromatic carbocycles. The topological polar surface area (TPSA) is 87.0 Å². The summed E-state index contributed by atoms with van der Waals surface area (Å²) in [5, 5.41) is 9.12. The number of carbonyl (C=O) groups excluding carboxylic acids is 1. The number of H-pyrrole nitrogens is 1. The van der Waals surface area contributed by atoms with Crippen molar-refractivity contribution in [2.24, 2.45) is 0 Å². The average molecular weight is 181 g/mol. The molecule has 0 saturated carbocycles. The maximum atomic E-state index is 11.2. The third-order valence-electron chi connectivity index (χ3n) is 2.06. The minimum absolute atomic E-state index is 0.0411. The Morgan fingerprint density at radius 2 is 2.54 bits per heavy atom. The first-order chi connectivity index (χ1) is 6.27. The number of aromatic nitrogens is 2. The molecule has 2 rings (SSSR count). The average Bonchev–Trinajstić information content (AvgIpc) is 2.65. The van der Waals surface area contributed by atoms with Crippen LogP contribution < -0.4 is 11.1 Å². The van der Waals surface area contributed by atoms with Crippen molar-refractivity contribution < 1.29 is 4.79 Å². The van der Waals surface area contributed by atoms with Crippen LogP contribution in [-0.4, -0.2) is 34.2 Å². The Morgan fingerprint density at radius 1 is 1.69 bits per heavy atom. The highest BCUT2D eigenvalue weighted by Crippen LogP contribution is 2.11. The molecule has 6 heteroatoms. The van der Waals surface area contributed by atoms with Crippen molar-refractivity contribution in [3.8, 4) is 0 Å². The lowest BCUT2D eigenvalue weighted by molar-refractivity contribution is 0.215. The fraction of sp³-hybridized carbons (Fsp3) is 0.429. The van der Waals surface area contributed by atoms with Gasteiger partial charge in [0.25, 0.3) is 0 Å². The van der Waals surface area contributed by atoms with E-state index in [4.69, 9.17) is 5.73 Å². The van der Waals surface area contributed by atoms with Crippen LogP contribution in [0.15, 0.2) is 6.20 Å². The van der Waals surface area contributed by atoms with Crippen LogP contribution in [-0.2, 0) is 6.54 Å². The fourth-order valence-electron chi connectivity index (χ4n) is 1.31. The SMILES string of the molecule is Nc1[nH]ncc1CN1CCNC1=O. The number of nitrogens with two attached hydrogens (primary N) is 1. The number of amides is 2. The van der Waals surface area contributed by atoms with E-state index in [0.29, 0.717) is 18.9 Å². The molecule has 1 saturated heterocycles. The van der Waals surface area contributed by atoms with Gasteiger partial charge in [-0.2, -0.15) is 5.10 Å². The first-order valence-corrected chi connectivity index (χ1v) is 4.08. The van der Waals surface area contributed by atoms with Crippen LogP contribution in [0.3, 0.4) is 0 Å². The van der Waals surface area contributed by atoms with Gasteiger partial charge in [-0.25, -0.2) is 4.79 Å². The molecule has 1 fully saturated rings. The molecule has 2 heterocycles. The van der Waals surface area contributed by atoms with Crippen LogP contribution in [0, 0.1) is 0 Å². The van der Waals surface area contributed by atoms with Gasteiger partial charge in [0.1, 0.15) is 5.82 Å². The molecule has 1 aliphatic rings. The van der Waals surface area contributed by atoms with Crippen molar-refractivity contribution in [3.63, 3.8) is 0 Å². The first-order valence-electron chi connectivity index (χ1n) is 4.08. The second kappa shape index (κ2) is 2.96. The van der Waals surface area contributed by atoms with Crippen LogP contribution in [0.5, 0.6) is 0 Å². The van der Waals surface area contributed by atoms with E-state index >= 15 is 0 Å². The standard InChI is InChI=1S/C7H11N5O/c8-6-5(3-10-11-6)4-12-2-1-9-7(12)13/h3H,1-2,4H2,(H,9,13)(H3,8,10,11). The van der Waals surface area contributed by atoms with Crippen molar-refractivity contribution in [2.75, 3.05) is 18.8 Å². The van der Waals surface area contributed by atoms with E-state index in [2.05, 4.69) is 15.5 Å². The number of hydrogen-bond donors (Lipinski definition) is 3. The van der Waals surface area contributed by atoms with E-state index in [1.54, 1.807) is 11.1 Å². The van der Waals surface area contributed by atoms with Gasteiger partial charge in [-0.3, -0.25) is 5.10 Å². The van der Waals surface area contributed by atoms with Gasteiger partial charge in [-0.05, 0) is 0 Å². The number of nitrogens with zero attached hydrogens (tertiary/aromatic N) is 2. The predicted octanol–water partition coefficient (Wildman–Crippen LogP) is -0.483. The number of rotatable bonds is 2. The van der Waals surface area contributed by atoms with E-state index in [0.717, 1.165) is 12.1 Å². The largest absolute Gasteiger partial charge is 0.384 e. The molecule has 2 amide bonds. The number of carbonyl (C=O) groups is 1. The van der Waals surface area contributed by atoms with Gasteiger partial charge in [0.05, 0.1) is 12.7 Å². The highest BCUT2D eigenvalue weighted by Gasteiger charge is 2.20. The molecular weight excluding hydrogens is 170 g/mol. The van der Waals surface area contributed by atoms with Gasteiger partial charge >= 0.3 is 6.03 Å². The molecule has 70 valence electrons. The summed E-state index contributed by atoms with van der Waals surface area (Å²) in [6.07, 6.45) is 1.64. The highest BCUT2D eigenvalue weighted by atomic mass is 16.2. The first kappa shape index (κ1) is 7.90. The van der Waals surface area contributed by atoms with E-state index in [9.17, 15) is 4.79 Å². The zero-order chi connectivity index (χ0) is 9.26. The molecule has 13 heavy (non-hydrogen) atoms. The van der Waals surface area contributed by atoms with Crippen LogP contribution in [0.4, 0.5) is 10.6 Å². The van der Waals surface area contributed by atoms with Crippen LogP contribution in [0.1, 0.15) is 5.56 Å². The third-order valence-corrected chi connectivity index (χ3v) is 2.06. The van der Waals surface area contributed by atoms with E-state index < -0.39 is 0 Å². The Morgan fingerprint density at radius 3 is 3.08 bits per heavy atom. The molecule has 0 radical (unpaired) electrons. The van der Waals surface area contributed by atoms with Crippen LogP contribution in [0.25, 0.3) is 0 Å². The monoisotopic (exact) mass is 181 g/mol. The fourth-order valence-corrected chi connectivity index (χ4v) is 1.31. The minimum atomic E-state index is -0.0411. The lowest BCUT2D eigenvalue weighted by atomic mass is 10.3.